The zero-order valence-corrected chi connectivity index (χ0v) is 13.4. The molecule has 0 bridgehead atoms. The first-order chi connectivity index (χ1) is 11.7. The number of ether oxygens (including phenoxy) is 1. The van der Waals surface area contributed by atoms with Crippen molar-refractivity contribution in [3.05, 3.63) is 36.0 Å². The summed E-state index contributed by atoms with van der Waals surface area (Å²) in [5, 5.41) is 22.2. The molecule has 7 heteroatoms. The monoisotopic (exact) mass is 325 g/mol. The highest BCUT2D eigenvalue weighted by Gasteiger charge is 2.19. The third-order valence-corrected chi connectivity index (χ3v) is 4.02. The van der Waals surface area contributed by atoms with Crippen molar-refractivity contribution in [2.45, 2.75) is 18.9 Å². The minimum atomic E-state index is -0.238. The van der Waals surface area contributed by atoms with Crippen LogP contribution in [0.5, 0.6) is 5.88 Å². The van der Waals surface area contributed by atoms with Crippen molar-refractivity contribution in [1.82, 2.24) is 9.97 Å². The highest BCUT2D eigenvalue weighted by Crippen LogP contribution is 2.27. The Morgan fingerprint density at radius 1 is 1.33 bits per heavy atom. The van der Waals surface area contributed by atoms with E-state index in [4.69, 9.17) is 4.74 Å². The molecule has 7 nitrogen and oxygen atoms in total. The fourth-order valence-electron chi connectivity index (χ4n) is 2.73. The van der Waals surface area contributed by atoms with Gasteiger partial charge in [0.15, 0.2) is 0 Å². The van der Waals surface area contributed by atoms with Crippen LogP contribution in [0.2, 0.25) is 0 Å². The number of anilines is 3. The number of nitrogens with one attached hydrogen (secondary N) is 1. The van der Waals surface area contributed by atoms with Crippen LogP contribution in [0.3, 0.4) is 0 Å². The van der Waals surface area contributed by atoms with Gasteiger partial charge in [0.1, 0.15) is 6.07 Å². The molecular weight excluding hydrogens is 306 g/mol. The van der Waals surface area contributed by atoms with Crippen LogP contribution in [-0.4, -0.2) is 41.4 Å². The molecule has 1 saturated heterocycles. The van der Waals surface area contributed by atoms with Gasteiger partial charge in [0.2, 0.25) is 11.8 Å². The summed E-state index contributed by atoms with van der Waals surface area (Å²) in [6.45, 7) is 1.50. The van der Waals surface area contributed by atoms with Crippen molar-refractivity contribution in [2.24, 2.45) is 0 Å². The normalized spacial score (nSPS) is 15.0. The molecule has 0 radical (unpaired) electrons. The molecule has 124 valence electrons. The lowest BCUT2D eigenvalue weighted by atomic mass is 10.1. The second-order valence-electron chi connectivity index (χ2n) is 5.61. The van der Waals surface area contributed by atoms with Gasteiger partial charge in [-0.3, -0.25) is 0 Å². The van der Waals surface area contributed by atoms with Crippen LogP contribution in [0.1, 0.15) is 18.4 Å². The molecule has 1 aromatic heterocycles. The Hall–Kier alpha value is -2.85. The van der Waals surface area contributed by atoms with Gasteiger partial charge < -0.3 is 20.1 Å². The van der Waals surface area contributed by atoms with Crippen LogP contribution in [0.4, 0.5) is 17.3 Å². The molecule has 3 rings (SSSR count). The van der Waals surface area contributed by atoms with Gasteiger partial charge in [-0.1, -0.05) is 0 Å². The number of benzene rings is 1. The molecule has 0 saturated carbocycles. The Labute approximate surface area is 140 Å². The number of hydrogen-bond donors (Lipinski definition) is 2. The van der Waals surface area contributed by atoms with E-state index in [1.54, 1.807) is 25.4 Å². The Kier molecular flexibility index (Phi) is 4.77. The van der Waals surface area contributed by atoms with Crippen molar-refractivity contribution in [2.75, 3.05) is 30.4 Å². The number of methoxy groups -OCH3 is 1. The summed E-state index contributed by atoms with van der Waals surface area (Å²) in [5.41, 5.74) is 2.21. The van der Waals surface area contributed by atoms with E-state index >= 15 is 0 Å². The quantitative estimate of drug-likeness (QED) is 0.888. The van der Waals surface area contributed by atoms with E-state index in [1.807, 2.05) is 12.1 Å². The van der Waals surface area contributed by atoms with Crippen molar-refractivity contribution >= 4 is 17.3 Å². The molecular formula is C17H19N5O2. The maximum absolute atomic E-state index is 9.63. The van der Waals surface area contributed by atoms with E-state index in [1.165, 1.54) is 0 Å². The van der Waals surface area contributed by atoms with E-state index in [0.717, 1.165) is 37.3 Å². The zero-order chi connectivity index (χ0) is 16.9. The smallest absolute Gasteiger partial charge is 0.230 e. The van der Waals surface area contributed by atoms with Gasteiger partial charge in [-0.15, -0.1) is 0 Å². The molecule has 2 aromatic rings. The maximum Gasteiger partial charge on any atom is 0.230 e. The van der Waals surface area contributed by atoms with Gasteiger partial charge in [-0.25, -0.2) is 4.98 Å². The summed E-state index contributed by atoms with van der Waals surface area (Å²) < 4.78 is 5.07. The Morgan fingerprint density at radius 2 is 2.12 bits per heavy atom. The fourth-order valence-corrected chi connectivity index (χ4v) is 2.73. The SMILES string of the molecule is COc1ccnc(Nc2ccc(N3CCC(O)CC3)c(C#N)c2)n1. The van der Waals surface area contributed by atoms with E-state index in [-0.39, 0.29) is 6.10 Å². The molecule has 2 heterocycles. The Bertz CT molecular complexity index is 751. The Balaban J connectivity index is 1.80. The lowest BCUT2D eigenvalue weighted by molar-refractivity contribution is 0.145. The molecule has 0 aliphatic carbocycles. The second-order valence-corrected chi connectivity index (χ2v) is 5.61. The molecule has 2 N–H and O–H groups in total. The van der Waals surface area contributed by atoms with Gasteiger partial charge in [0.05, 0.1) is 24.5 Å². The number of nitrogens with zero attached hydrogens (tertiary/aromatic N) is 4. The lowest BCUT2D eigenvalue weighted by Gasteiger charge is -2.32. The van der Waals surface area contributed by atoms with Crippen LogP contribution in [0.25, 0.3) is 0 Å². The van der Waals surface area contributed by atoms with Crippen molar-refractivity contribution in [3.63, 3.8) is 0 Å². The van der Waals surface area contributed by atoms with Crippen LogP contribution >= 0.6 is 0 Å². The summed E-state index contributed by atoms with van der Waals surface area (Å²) in [6, 6.07) is 9.50. The second kappa shape index (κ2) is 7.15. The zero-order valence-electron chi connectivity index (χ0n) is 13.4. The van der Waals surface area contributed by atoms with E-state index in [2.05, 4.69) is 26.3 Å². The molecule has 24 heavy (non-hydrogen) atoms. The van der Waals surface area contributed by atoms with Crippen LogP contribution in [0, 0.1) is 11.3 Å². The fraction of sp³-hybridized carbons (Fsp3) is 0.353. The molecule has 1 aliphatic heterocycles. The Morgan fingerprint density at radius 3 is 2.83 bits per heavy atom. The van der Waals surface area contributed by atoms with Crippen LogP contribution in [0.15, 0.2) is 30.5 Å². The molecule has 0 atom stereocenters. The van der Waals surface area contributed by atoms with Crippen LogP contribution in [-0.2, 0) is 0 Å². The first kappa shape index (κ1) is 16.0. The van der Waals surface area contributed by atoms with Crippen LogP contribution < -0.4 is 15.0 Å². The predicted molar refractivity (Wildman–Crippen MR) is 90.5 cm³/mol. The molecule has 1 fully saturated rings. The summed E-state index contributed by atoms with van der Waals surface area (Å²) in [6.07, 6.45) is 2.82. The average molecular weight is 325 g/mol. The van der Waals surface area contributed by atoms with Gasteiger partial charge in [0, 0.05) is 31.0 Å². The summed E-state index contributed by atoms with van der Waals surface area (Å²) in [5.74, 6) is 0.878. The summed E-state index contributed by atoms with van der Waals surface area (Å²) in [4.78, 5) is 10.5. The van der Waals surface area contributed by atoms with Gasteiger partial charge in [-0.05, 0) is 31.0 Å². The first-order valence-electron chi connectivity index (χ1n) is 7.81. The number of hydrogen-bond acceptors (Lipinski definition) is 7. The van der Waals surface area contributed by atoms with Gasteiger partial charge in [-0.2, -0.15) is 10.2 Å². The number of rotatable bonds is 4. The lowest BCUT2D eigenvalue weighted by Crippen LogP contribution is -2.36. The molecule has 0 amide bonds. The minimum absolute atomic E-state index is 0.238. The maximum atomic E-state index is 9.63. The molecule has 1 aliphatic rings. The number of aromatic nitrogens is 2. The standard InChI is InChI=1S/C17H19N5O2/c1-24-16-4-7-19-17(21-16)20-13-2-3-15(12(10-13)11-18)22-8-5-14(23)6-9-22/h2-4,7,10,14,23H,5-6,8-9H2,1H3,(H,19,20,21). The van der Waals surface area contributed by atoms with E-state index in [0.29, 0.717) is 17.4 Å². The number of aliphatic hydroxyl groups is 1. The molecule has 0 spiro atoms. The van der Waals surface area contributed by atoms with E-state index < -0.39 is 0 Å². The number of nitriles is 1. The van der Waals surface area contributed by atoms with Crippen molar-refractivity contribution < 1.29 is 9.84 Å². The largest absolute Gasteiger partial charge is 0.481 e. The van der Waals surface area contributed by atoms with Crippen molar-refractivity contribution in [3.8, 4) is 11.9 Å². The summed E-state index contributed by atoms with van der Waals surface area (Å²) in [7, 11) is 1.55. The minimum Gasteiger partial charge on any atom is -0.481 e. The predicted octanol–water partition coefficient (Wildman–Crippen LogP) is 2.06. The first-order valence-corrected chi connectivity index (χ1v) is 7.81. The summed E-state index contributed by atoms with van der Waals surface area (Å²) >= 11 is 0. The van der Waals surface area contributed by atoms with Crippen molar-refractivity contribution in [1.29, 1.82) is 5.26 Å². The molecule has 0 unspecified atom stereocenters. The van der Waals surface area contributed by atoms with Gasteiger partial charge >= 0.3 is 0 Å². The highest BCUT2D eigenvalue weighted by atomic mass is 16.5. The third kappa shape index (κ3) is 3.55. The number of aliphatic hydroxyl groups excluding tert-OH is 1. The highest BCUT2D eigenvalue weighted by molar-refractivity contribution is 5.67. The van der Waals surface area contributed by atoms with E-state index in [9.17, 15) is 10.4 Å². The molecule has 1 aromatic carbocycles. The van der Waals surface area contributed by atoms with Gasteiger partial charge in [0.25, 0.3) is 0 Å². The average Bonchev–Trinajstić information content (AvgIpc) is 2.62. The third-order valence-electron chi connectivity index (χ3n) is 4.02. The topological polar surface area (TPSA) is 94.3 Å². The number of piperidine rings is 1.